The van der Waals surface area contributed by atoms with Crippen LogP contribution in [-0.4, -0.2) is 45.5 Å². The number of amides is 1. The second kappa shape index (κ2) is 9.89. The molecule has 34 heavy (non-hydrogen) atoms. The van der Waals surface area contributed by atoms with Crippen molar-refractivity contribution in [1.29, 1.82) is 0 Å². The van der Waals surface area contributed by atoms with Gasteiger partial charge in [0.25, 0.3) is 5.91 Å². The van der Waals surface area contributed by atoms with Crippen molar-refractivity contribution >= 4 is 28.9 Å². The summed E-state index contributed by atoms with van der Waals surface area (Å²) in [5, 5.41) is 5.70. The summed E-state index contributed by atoms with van der Waals surface area (Å²) in [5.74, 6) is 1.34. The van der Waals surface area contributed by atoms with Gasteiger partial charge in [0.15, 0.2) is 5.17 Å². The smallest absolute Gasteiger partial charge is 0.286 e. The molecule has 5 rings (SSSR count). The van der Waals surface area contributed by atoms with E-state index < -0.39 is 0 Å². The minimum Gasteiger partial charge on any atom is -0.494 e. The van der Waals surface area contributed by atoms with E-state index in [1.807, 2.05) is 78.5 Å². The fourth-order valence-corrected chi connectivity index (χ4v) is 5.16. The number of thioether (sulfide) groups is 1. The third kappa shape index (κ3) is 4.80. The molecule has 3 aromatic rings. The lowest BCUT2D eigenvalue weighted by Gasteiger charge is -2.30. The maximum Gasteiger partial charge on any atom is 0.286 e. The first-order valence-corrected chi connectivity index (χ1v) is 12.6. The molecule has 0 aliphatic carbocycles. The number of carbonyl (C=O) groups is 1. The summed E-state index contributed by atoms with van der Waals surface area (Å²) in [6.07, 6.45) is 6.17. The van der Waals surface area contributed by atoms with Gasteiger partial charge in [-0.3, -0.25) is 4.79 Å². The molecule has 7 heteroatoms. The highest BCUT2D eigenvalue weighted by molar-refractivity contribution is 8.18. The lowest BCUT2D eigenvalue weighted by molar-refractivity contribution is -0.113. The third-order valence-electron chi connectivity index (χ3n) is 6.13. The van der Waals surface area contributed by atoms with Crippen molar-refractivity contribution in [3.63, 3.8) is 0 Å². The van der Waals surface area contributed by atoms with Crippen LogP contribution in [0.25, 0.3) is 23.0 Å². The van der Waals surface area contributed by atoms with Crippen LogP contribution in [0.15, 0.2) is 70.7 Å². The number of carbonyl (C=O) groups excluding carboxylic acids is 1. The Labute approximate surface area is 204 Å². The Balaban J connectivity index is 1.49. The summed E-state index contributed by atoms with van der Waals surface area (Å²) in [7, 11) is 0. The Hall–Kier alpha value is -3.32. The number of aliphatic imine (C=N–C) groups is 1. The second-order valence-corrected chi connectivity index (χ2v) is 9.66. The Morgan fingerprint density at radius 2 is 1.91 bits per heavy atom. The van der Waals surface area contributed by atoms with Gasteiger partial charge in [-0.15, -0.1) is 0 Å². The zero-order chi connectivity index (χ0) is 23.5. The van der Waals surface area contributed by atoms with Crippen LogP contribution in [0.2, 0.25) is 0 Å². The zero-order valence-corrected chi connectivity index (χ0v) is 20.3. The van der Waals surface area contributed by atoms with Gasteiger partial charge in [0, 0.05) is 30.4 Å². The molecule has 174 valence electrons. The van der Waals surface area contributed by atoms with Gasteiger partial charge in [-0.25, -0.2) is 4.68 Å². The summed E-state index contributed by atoms with van der Waals surface area (Å²) in [4.78, 5) is 20.0. The van der Waals surface area contributed by atoms with E-state index in [4.69, 9.17) is 9.84 Å². The van der Waals surface area contributed by atoms with Crippen molar-refractivity contribution in [2.75, 3.05) is 19.7 Å². The van der Waals surface area contributed by atoms with E-state index in [0.29, 0.717) is 11.5 Å². The number of aromatic nitrogens is 2. The van der Waals surface area contributed by atoms with Crippen LogP contribution in [0, 0.1) is 5.92 Å². The second-order valence-electron chi connectivity index (χ2n) is 8.65. The van der Waals surface area contributed by atoms with Crippen LogP contribution in [0.3, 0.4) is 0 Å². The highest BCUT2D eigenvalue weighted by Crippen LogP contribution is 2.35. The number of benzene rings is 2. The predicted molar refractivity (Wildman–Crippen MR) is 138 cm³/mol. The maximum atomic E-state index is 12.8. The Bertz CT molecular complexity index is 1240. The number of amidine groups is 1. The molecule has 0 atom stereocenters. The summed E-state index contributed by atoms with van der Waals surface area (Å²) in [5.41, 5.74) is 3.57. The molecule has 0 bridgehead atoms. The largest absolute Gasteiger partial charge is 0.494 e. The van der Waals surface area contributed by atoms with Gasteiger partial charge >= 0.3 is 0 Å². The quantitative estimate of drug-likeness (QED) is 0.450. The molecule has 6 nitrogen and oxygen atoms in total. The summed E-state index contributed by atoms with van der Waals surface area (Å²) in [6, 6.07) is 17.9. The zero-order valence-electron chi connectivity index (χ0n) is 19.5. The fraction of sp³-hybridized carbons (Fsp3) is 0.296. The van der Waals surface area contributed by atoms with Crippen LogP contribution in [-0.2, 0) is 4.79 Å². The van der Waals surface area contributed by atoms with E-state index in [2.05, 4.69) is 16.8 Å². The summed E-state index contributed by atoms with van der Waals surface area (Å²) in [6.45, 7) is 6.75. The number of hydrogen-bond acceptors (Lipinski definition) is 5. The molecule has 0 radical (unpaired) electrons. The van der Waals surface area contributed by atoms with Gasteiger partial charge in [-0.05, 0) is 67.8 Å². The topological polar surface area (TPSA) is 59.7 Å². The normalized spacial score (nSPS) is 17.9. The number of likely N-dealkylation sites (tertiary alicyclic amines) is 1. The van der Waals surface area contributed by atoms with E-state index in [9.17, 15) is 4.79 Å². The maximum absolute atomic E-state index is 12.8. The van der Waals surface area contributed by atoms with Crippen LogP contribution in [0.5, 0.6) is 5.75 Å². The van der Waals surface area contributed by atoms with Gasteiger partial charge in [0.1, 0.15) is 11.4 Å². The number of para-hydroxylation sites is 1. The van der Waals surface area contributed by atoms with Crippen molar-refractivity contribution < 1.29 is 9.53 Å². The first-order valence-electron chi connectivity index (χ1n) is 11.8. The van der Waals surface area contributed by atoms with Crippen molar-refractivity contribution in [2.45, 2.75) is 26.7 Å². The van der Waals surface area contributed by atoms with Gasteiger partial charge < -0.3 is 9.64 Å². The minimum absolute atomic E-state index is 0.180. The summed E-state index contributed by atoms with van der Waals surface area (Å²) < 4.78 is 7.56. The molecule has 0 spiro atoms. The average Bonchev–Trinajstić information content (AvgIpc) is 3.44. The van der Waals surface area contributed by atoms with E-state index in [0.717, 1.165) is 65.3 Å². The SMILES string of the molecule is CCOc1cccc(-c2nn(-c3ccccc3)cc2C=C2SC(N3CCC(C)CC3)=NC2=O)c1. The Morgan fingerprint density at radius 3 is 2.68 bits per heavy atom. The Kier molecular flexibility index (Phi) is 6.54. The molecule has 2 aliphatic heterocycles. The first-order chi connectivity index (χ1) is 16.6. The molecule has 1 aromatic heterocycles. The third-order valence-corrected chi connectivity index (χ3v) is 7.18. The lowest BCUT2D eigenvalue weighted by Crippen LogP contribution is -2.35. The standard InChI is InChI=1S/C27H28N4O2S/c1-3-33-23-11-7-8-20(16-23)25-21(18-31(29-25)22-9-5-4-6-10-22)17-24-26(32)28-27(34-24)30-14-12-19(2)13-15-30/h4-11,16-19H,3,12-15H2,1-2H3. The van der Waals surface area contributed by atoms with E-state index in [-0.39, 0.29) is 5.91 Å². The molecule has 1 saturated heterocycles. The van der Waals surface area contributed by atoms with Crippen LogP contribution in [0.4, 0.5) is 0 Å². The van der Waals surface area contributed by atoms with Crippen LogP contribution in [0.1, 0.15) is 32.3 Å². The molecule has 0 saturated carbocycles. The molecular formula is C27H28N4O2S. The molecule has 2 aromatic carbocycles. The van der Waals surface area contributed by atoms with Gasteiger partial charge in [-0.2, -0.15) is 10.1 Å². The number of piperidine rings is 1. The molecule has 1 amide bonds. The van der Waals surface area contributed by atoms with E-state index in [1.165, 1.54) is 11.8 Å². The van der Waals surface area contributed by atoms with Gasteiger partial charge in [0.05, 0.1) is 17.2 Å². The van der Waals surface area contributed by atoms with Crippen LogP contribution < -0.4 is 4.74 Å². The van der Waals surface area contributed by atoms with Crippen LogP contribution >= 0.6 is 11.8 Å². The minimum atomic E-state index is -0.180. The molecular weight excluding hydrogens is 444 g/mol. The molecule has 0 unspecified atom stereocenters. The highest BCUT2D eigenvalue weighted by Gasteiger charge is 2.28. The molecule has 3 heterocycles. The Morgan fingerprint density at radius 1 is 1.12 bits per heavy atom. The molecule has 2 aliphatic rings. The fourth-order valence-electron chi connectivity index (χ4n) is 4.20. The van der Waals surface area contributed by atoms with Gasteiger partial charge in [0.2, 0.25) is 0 Å². The highest BCUT2D eigenvalue weighted by atomic mass is 32.2. The number of ether oxygens (including phenoxy) is 1. The van der Waals surface area contributed by atoms with Crippen molar-refractivity contribution in [3.8, 4) is 22.7 Å². The van der Waals surface area contributed by atoms with Crippen molar-refractivity contribution in [3.05, 3.63) is 71.3 Å². The van der Waals surface area contributed by atoms with Crippen molar-refractivity contribution in [2.24, 2.45) is 10.9 Å². The first kappa shape index (κ1) is 22.5. The molecule has 0 N–H and O–H groups in total. The summed E-state index contributed by atoms with van der Waals surface area (Å²) >= 11 is 1.47. The monoisotopic (exact) mass is 472 g/mol. The molecule has 1 fully saturated rings. The number of rotatable bonds is 5. The predicted octanol–water partition coefficient (Wildman–Crippen LogP) is 5.64. The average molecular weight is 473 g/mol. The van der Waals surface area contributed by atoms with E-state index >= 15 is 0 Å². The van der Waals surface area contributed by atoms with Crippen molar-refractivity contribution in [1.82, 2.24) is 14.7 Å². The number of nitrogens with zero attached hydrogens (tertiary/aromatic N) is 4. The lowest BCUT2D eigenvalue weighted by atomic mass is 10.00. The van der Waals surface area contributed by atoms with Gasteiger partial charge in [-0.1, -0.05) is 37.3 Å². The number of hydrogen-bond donors (Lipinski definition) is 0. The van der Waals surface area contributed by atoms with E-state index in [1.54, 1.807) is 0 Å².